The van der Waals surface area contributed by atoms with Gasteiger partial charge in [-0.15, -0.1) is 0 Å². The Morgan fingerprint density at radius 2 is 1.93 bits per heavy atom. The molecule has 0 bridgehead atoms. The number of hydrogen-bond acceptors (Lipinski definition) is 4. The van der Waals surface area contributed by atoms with Crippen LogP contribution in [-0.2, 0) is 9.59 Å². The molecule has 1 aliphatic carbocycles. The monoisotopic (exact) mass is 385 g/mol. The number of amides is 2. The molecule has 0 atom stereocenters. The summed E-state index contributed by atoms with van der Waals surface area (Å²) in [6, 6.07) is 14.1. The highest BCUT2D eigenvalue weighted by Crippen LogP contribution is 2.30. The summed E-state index contributed by atoms with van der Waals surface area (Å²) in [5.41, 5.74) is 4.61. The number of nitrogens with one attached hydrogen (secondary N) is 2. The molecule has 0 spiro atoms. The Morgan fingerprint density at radius 3 is 2.63 bits per heavy atom. The second-order valence-electron chi connectivity index (χ2n) is 6.32. The van der Waals surface area contributed by atoms with E-state index in [1.54, 1.807) is 31.2 Å². The number of hydrazone groups is 1. The fraction of sp³-hybridized carbons (Fsp3) is 0.250. The molecule has 27 heavy (non-hydrogen) atoms. The predicted molar refractivity (Wildman–Crippen MR) is 105 cm³/mol. The van der Waals surface area contributed by atoms with Gasteiger partial charge in [0.15, 0.2) is 6.61 Å². The third kappa shape index (κ3) is 5.82. The number of benzene rings is 2. The zero-order chi connectivity index (χ0) is 19.2. The zero-order valence-electron chi connectivity index (χ0n) is 14.9. The lowest BCUT2D eigenvalue weighted by atomic mass is 10.1. The van der Waals surface area contributed by atoms with Gasteiger partial charge in [-0.05, 0) is 61.7 Å². The Labute approximate surface area is 162 Å². The van der Waals surface area contributed by atoms with Crippen LogP contribution in [0.2, 0.25) is 5.02 Å². The highest BCUT2D eigenvalue weighted by Gasteiger charge is 2.29. The minimum Gasteiger partial charge on any atom is -0.484 e. The van der Waals surface area contributed by atoms with Gasteiger partial charge < -0.3 is 10.1 Å². The third-order valence-corrected chi connectivity index (χ3v) is 4.28. The van der Waals surface area contributed by atoms with Crippen LogP contribution >= 0.6 is 11.6 Å². The molecular weight excluding hydrogens is 366 g/mol. The van der Waals surface area contributed by atoms with Crippen LogP contribution in [0.4, 0.5) is 5.69 Å². The molecule has 3 rings (SSSR count). The first-order valence-electron chi connectivity index (χ1n) is 8.64. The van der Waals surface area contributed by atoms with Crippen molar-refractivity contribution >= 4 is 34.8 Å². The van der Waals surface area contributed by atoms with Crippen molar-refractivity contribution in [2.75, 3.05) is 11.9 Å². The number of anilines is 1. The quantitative estimate of drug-likeness (QED) is 0.564. The van der Waals surface area contributed by atoms with Gasteiger partial charge >= 0.3 is 0 Å². The van der Waals surface area contributed by atoms with Crippen LogP contribution in [-0.4, -0.2) is 24.1 Å². The van der Waals surface area contributed by atoms with Gasteiger partial charge in [-0.25, -0.2) is 5.43 Å². The first-order valence-corrected chi connectivity index (χ1v) is 9.02. The number of halogens is 1. The normalized spacial score (nSPS) is 13.8. The summed E-state index contributed by atoms with van der Waals surface area (Å²) in [4.78, 5) is 23.7. The number of nitrogens with zero attached hydrogens (tertiary/aromatic N) is 1. The number of rotatable bonds is 7. The average Bonchev–Trinajstić information content (AvgIpc) is 3.51. The first kappa shape index (κ1) is 18.9. The standard InChI is InChI=1S/C20H20ClN3O3/c1-13(15-3-2-4-17(11-15)22-20(26)14-5-6-14)23-24-19(25)12-27-18-9-7-16(21)8-10-18/h2-4,7-11,14H,5-6,12H2,1H3,(H,22,26)(H,24,25)/b23-13-. The molecule has 0 radical (unpaired) electrons. The van der Waals surface area contributed by atoms with Crippen molar-refractivity contribution in [3.8, 4) is 5.75 Å². The zero-order valence-corrected chi connectivity index (χ0v) is 15.6. The van der Waals surface area contributed by atoms with E-state index in [2.05, 4.69) is 15.8 Å². The predicted octanol–water partition coefficient (Wildman–Crippen LogP) is 3.61. The van der Waals surface area contributed by atoms with E-state index in [0.29, 0.717) is 16.5 Å². The van der Waals surface area contributed by atoms with E-state index < -0.39 is 0 Å². The minimum atomic E-state index is -0.373. The van der Waals surface area contributed by atoms with Crippen molar-refractivity contribution < 1.29 is 14.3 Å². The van der Waals surface area contributed by atoms with Gasteiger partial charge in [-0.1, -0.05) is 23.7 Å². The van der Waals surface area contributed by atoms with Crippen LogP contribution in [0, 0.1) is 5.92 Å². The summed E-state index contributed by atoms with van der Waals surface area (Å²) in [6.07, 6.45) is 1.91. The average molecular weight is 386 g/mol. The number of carbonyl (C=O) groups is 2. The molecule has 0 aliphatic heterocycles. The van der Waals surface area contributed by atoms with Gasteiger partial charge in [-0.3, -0.25) is 9.59 Å². The van der Waals surface area contributed by atoms with Gasteiger partial charge in [0.1, 0.15) is 5.75 Å². The Morgan fingerprint density at radius 1 is 1.19 bits per heavy atom. The lowest BCUT2D eigenvalue weighted by Crippen LogP contribution is -2.25. The smallest absolute Gasteiger partial charge is 0.277 e. The molecule has 6 nitrogen and oxygen atoms in total. The van der Waals surface area contributed by atoms with Crippen molar-refractivity contribution in [3.63, 3.8) is 0 Å². The maximum absolute atomic E-state index is 11.9. The van der Waals surface area contributed by atoms with Crippen LogP contribution in [0.1, 0.15) is 25.3 Å². The second kappa shape index (κ2) is 8.68. The van der Waals surface area contributed by atoms with Gasteiger partial charge in [0.2, 0.25) is 5.91 Å². The van der Waals surface area contributed by atoms with E-state index in [0.717, 1.165) is 24.1 Å². The molecule has 1 aliphatic rings. The fourth-order valence-corrected chi connectivity index (χ4v) is 2.46. The van der Waals surface area contributed by atoms with Crippen molar-refractivity contribution in [2.45, 2.75) is 19.8 Å². The molecule has 140 valence electrons. The molecule has 1 saturated carbocycles. The Kier molecular flexibility index (Phi) is 6.08. The lowest BCUT2D eigenvalue weighted by Gasteiger charge is -2.08. The Bertz CT molecular complexity index is 861. The molecule has 2 N–H and O–H groups in total. The van der Waals surface area contributed by atoms with Crippen molar-refractivity contribution in [3.05, 3.63) is 59.1 Å². The Balaban J connectivity index is 1.52. The van der Waals surface area contributed by atoms with Crippen molar-refractivity contribution in [2.24, 2.45) is 11.0 Å². The van der Waals surface area contributed by atoms with Gasteiger partial charge in [0.25, 0.3) is 5.91 Å². The number of ether oxygens (including phenoxy) is 1. The van der Waals surface area contributed by atoms with Crippen LogP contribution in [0.3, 0.4) is 0 Å². The van der Waals surface area contributed by atoms with Crippen LogP contribution in [0.25, 0.3) is 0 Å². The van der Waals surface area contributed by atoms with Crippen molar-refractivity contribution in [1.82, 2.24) is 5.43 Å². The van der Waals surface area contributed by atoms with E-state index in [1.165, 1.54) is 0 Å². The molecule has 0 saturated heterocycles. The van der Waals surface area contributed by atoms with E-state index >= 15 is 0 Å². The summed E-state index contributed by atoms with van der Waals surface area (Å²) in [5.74, 6) is 0.370. The lowest BCUT2D eigenvalue weighted by molar-refractivity contribution is -0.123. The summed E-state index contributed by atoms with van der Waals surface area (Å²) < 4.78 is 5.36. The van der Waals surface area contributed by atoms with Crippen LogP contribution in [0.5, 0.6) is 5.75 Å². The molecule has 2 aromatic carbocycles. The Hall–Kier alpha value is -2.86. The van der Waals surface area contributed by atoms with Gasteiger partial charge in [-0.2, -0.15) is 5.10 Å². The SMILES string of the molecule is C/C(=N/NC(=O)COc1ccc(Cl)cc1)c1cccc(NC(=O)C2CC2)c1. The van der Waals surface area contributed by atoms with E-state index in [4.69, 9.17) is 16.3 Å². The second-order valence-corrected chi connectivity index (χ2v) is 6.76. The molecule has 7 heteroatoms. The highest BCUT2D eigenvalue weighted by atomic mass is 35.5. The molecule has 1 fully saturated rings. The van der Waals surface area contributed by atoms with Gasteiger partial charge in [0.05, 0.1) is 5.71 Å². The molecule has 0 unspecified atom stereocenters. The third-order valence-electron chi connectivity index (χ3n) is 4.03. The van der Waals surface area contributed by atoms with Gasteiger partial charge in [0, 0.05) is 16.6 Å². The fourth-order valence-electron chi connectivity index (χ4n) is 2.33. The largest absolute Gasteiger partial charge is 0.484 e. The summed E-state index contributed by atoms with van der Waals surface area (Å²) in [7, 11) is 0. The molecule has 0 aromatic heterocycles. The van der Waals surface area contributed by atoms with Crippen LogP contribution < -0.4 is 15.5 Å². The number of hydrogen-bond donors (Lipinski definition) is 2. The van der Waals surface area contributed by atoms with Crippen molar-refractivity contribution in [1.29, 1.82) is 0 Å². The molecule has 2 amide bonds. The molecule has 0 heterocycles. The maximum Gasteiger partial charge on any atom is 0.277 e. The summed E-state index contributed by atoms with van der Waals surface area (Å²) >= 11 is 5.80. The summed E-state index contributed by atoms with van der Waals surface area (Å²) in [5, 5.41) is 7.59. The first-order chi connectivity index (χ1) is 13.0. The van der Waals surface area contributed by atoms with E-state index in [1.807, 2.05) is 24.3 Å². The summed E-state index contributed by atoms with van der Waals surface area (Å²) in [6.45, 7) is 1.62. The number of carbonyl (C=O) groups excluding carboxylic acids is 2. The maximum atomic E-state index is 11.9. The minimum absolute atomic E-state index is 0.0504. The molecular formula is C20H20ClN3O3. The molecule has 2 aromatic rings. The van der Waals surface area contributed by atoms with E-state index in [-0.39, 0.29) is 24.3 Å². The van der Waals surface area contributed by atoms with Crippen LogP contribution in [0.15, 0.2) is 53.6 Å². The topological polar surface area (TPSA) is 79.8 Å². The van der Waals surface area contributed by atoms with E-state index in [9.17, 15) is 9.59 Å². The highest BCUT2D eigenvalue weighted by molar-refractivity contribution is 6.30.